The summed E-state index contributed by atoms with van der Waals surface area (Å²) in [6.07, 6.45) is 0.832. The third-order valence-electron chi connectivity index (χ3n) is 3.09. The fraction of sp³-hybridized carbons (Fsp3) is 0.105. The van der Waals surface area contributed by atoms with Crippen molar-refractivity contribution in [1.82, 2.24) is 4.98 Å². The molecule has 0 saturated heterocycles. The highest BCUT2D eigenvalue weighted by Gasteiger charge is 1.97. The van der Waals surface area contributed by atoms with Crippen LogP contribution in [0, 0.1) is 11.8 Å². The van der Waals surface area contributed by atoms with Crippen molar-refractivity contribution in [3.05, 3.63) is 82.3 Å². The topological polar surface area (TPSA) is 22.1 Å². The Kier molecular flexibility index (Phi) is 4.86. The maximum Gasteiger partial charge on any atom is 0.119 e. The van der Waals surface area contributed by atoms with E-state index in [-0.39, 0.29) is 0 Å². The summed E-state index contributed by atoms with van der Waals surface area (Å²) in [6.45, 7) is 0.638. The molecule has 108 valence electrons. The number of rotatable bonds is 4. The molecule has 3 aromatic rings. The molecule has 0 N–H and O–H groups in total. The van der Waals surface area contributed by atoms with Gasteiger partial charge in [-0.25, -0.2) is 4.98 Å². The van der Waals surface area contributed by atoms with Crippen LogP contribution in [0.1, 0.15) is 16.8 Å². The van der Waals surface area contributed by atoms with Gasteiger partial charge in [0.25, 0.3) is 0 Å². The van der Waals surface area contributed by atoms with Gasteiger partial charge in [-0.3, -0.25) is 0 Å². The Morgan fingerprint density at radius 2 is 1.64 bits per heavy atom. The molecule has 2 nitrogen and oxygen atoms in total. The molecule has 1 aromatic heterocycles. The average Bonchev–Trinajstić information content (AvgIpc) is 3.08. The van der Waals surface area contributed by atoms with Gasteiger partial charge in [0.15, 0.2) is 0 Å². The van der Waals surface area contributed by atoms with Gasteiger partial charge in [0.2, 0.25) is 0 Å². The van der Waals surface area contributed by atoms with Gasteiger partial charge in [-0.1, -0.05) is 30.0 Å². The molecule has 0 aliphatic carbocycles. The van der Waals surface area contributed by atoms with Gasteiger partial charge in [-0.05, 0) is 36.4 Å². The highest BCUT2D eigenvalue weighted by atomic mass is 32.1. The van der Waals surface area contributed by atoms with Crippen LogP contribution in [0.2, 0.25) is 0 Å². The van der Waals surface area contributed by atoms with Gasteiger partial charge in [0.1, 0.15) is 5.75 Å². The van der Waals surface area contributed by atoms with Crippen LogP contribution in [0.4, 0.5) is 0 Å². The largest absolute Gasteiger partial charge is 0.493 e. The number of ether oxygens (including phenoxy) is 1. The lowest BCUT2D eigenvalue weighted by atomic mass is 10.2. The monoisotopic (exact) mass is 305 g/mol. The van der Waals surface area contributed by atoms with Crippen molar-refractivity contribution in [2.75, 3.05) is 6.61 Å². The van der Waals surface area contributed by atoms with E-state index < -0.39 is 0 Å². The summed E-state index contributed by atoms with van der Waals surface area (Å²) >= 11 is 1.61. The summed E-state index contributed by atoms with van der Waals surface area (Å²) < 4.78 is 5.71. The number of benzene rings is 2. The predicted octanol–water partition coefficient (Wildman–Crippen LogP) is 4.16. The zero-order valence-corrected chi connectivity index (χ0v) is 12.8. The van der Waals surface area contributed by atoms with Crippen molar-refractivity contribution in [3.63, 3.8) is 0 Å². The molecule has 2 aromatic carbocycles. The second-order valence-electron chi connectivity index (χ2n) is 4.72. The minimum Gasteiger partial charge on any atom is -0.493 e. The van der Waals surface area contributed by atoms with Crippen molar-refractivity contribution in [1.29, 1.82) is 0 Å². The molecule has 0 unspecified atom stereocenters. The van der Waals surface area contributed by atoms with E-state index in [0.717, 1.165) is 29.0 Å². The molecule has 1 heterocycles. The van der Waals surface area contributed by atoms with Crippen LogP contribution in [0.5, 0.6) is 5.75 Å². The first-order valence-corrected chi connectivity index (χ1v) is 8.01. The Morgan fingerprint density at radius 1 is 0.909 bits per heavy atom. The molecular weight excluding hydrogens is 290 g/mol. The molecule has 3 rings (SSSR count). The maximum absolute atomic E-state index is 5.71. The smallest absolute Gasteiger partial charge is 0.119 e. The lowest BCUT2D eigenvalue weighted by molar-refractivity contribution is 0.321. The first-order valence-electron chi connectivity index (χ1n) is 7.07. The van der Waals surface area contributed by atoms with Crippen molar-refractivity contribution in [3.8, 4) is 17.6 Å². The van der Waals surface area contributed by atoms with Crippen molar-refractivity contribution >= 4 is 11.3 Å². The lowest BCUT2D eigenvalue weighted by Gasteiger charge is -2.04. The summed E-state index contributed by atoms with van der Waals surface area (Å²) in [5, 5.41) is 2.05. The minimum absolute atomic E-state index is 0.638. The van der Waals surface area contributed by atoms with Crippen LogP contribution < -0.4 is 4.74 Å². The van der Waals surface area contributed by atoms with E-state index in [1.807, 2.05) is 65.5 Å². The third kappa shape index (κ3) is 4.21. The van der Waals surface area contributed by atoms with E-state index in [0.29, 0.717) is 6.61 Å². The third-order valence-corrected chi connectivity index (χ3v) is 3.72. The fourth-order valence-corrected chi connectivity index (χ4v) is 2.53. The summed E-state index contributed by atoms with van der Waals surface area (Å²) in [5.41, 5.74) is 4.92. The highest BCUT2D eigenvalue weighted by Crippen LogP contribution is 2.12. The quantitative estimate of drug-likeness (QED) is 0.675. The van der Waals surface area contributed by atoms with Crippen molar-refractivity contribution in [2.24, 2.45) is 0 Å². The number of aromatic nitrogens is 1. The summed E-state index contributed by atoms with van der Waals surface area (Å²) in [4.78, 5) is 4.23. The molecule has 0 spiro atoms. The Labute approximate surface area is 134 Å². The van der Waals surface area contributed by atoms with Crippen LogP contribution >= 0.6 is 11.3 Å². The SMILES string of the molecule is C(#Cc1ccc(OCCc2cscn2)cc1)c1ccccc1. The van der Waals surface area contributed by atoms with Crippen LogP contribution in [-0.4, -0.2) is 11.6 Å². The van der Waals surface area contributed by atoms with E-state index in [1.165, 1.54) is 0 Å². The van der Waals surface area contributed by atoms with E-state index >= 15 is 0 Å². The molecule has 3 heteroatoms. The Balaban J connectivity index is 1.55. The standard InChI is InChI=1S/C19H15NOS/c1-2-4-16(5-3-1)6-7-17-8-10-19(11-9-17)21-13-12-18-14-22-15-20-18/h1-5,8-11,14-15H,12-13H2. The molecule has 0 atom stereocenters. The van der Waals surface area contributed by atoms with Gasteiger partial charge in [0.05, 0.1) is 17.8 Å². The van der Waals surface area contributed by atoms with Gasteiger partial charge in [-0.15, -0.1) is 11.3 Å². The van der Waals surface area contributed by atoms with Gasteiger partial charge >= 0.3 is 0 Å². The molecule has 0 saturated carbocycles. The summed E-state index contributed by atoms with van der Waals surface area (Å²) in [6, 6.07) is 17.8. The molecule has 0 fully saturated rings. The molecule has 0 aliphatic heterocycles. The minimum atomic E-state index is 0.638. The van der Waals surface area contributed by atoms with Gasteiger partial charge in [0, 0.05) is 22.9 Å². The molecule has 0 radical (unpaired) electrons. The number of hydrogen-bond donors (Lipinski definition) is 0. The van der Waals surface area contributed by atoms with Crippen LogP contribution in [-0.2, 0) is 6.42 Å². The Bertz CT molecular complexity index is 753. The number of nitrogens with zero attached hydrogens (tertiary/aromatic N) is 1. The van der Waals surface area contributed by atoms with Gasteiger partial charge < -0.3 is 4.74 Å². The van der Waals surface area contributed by atoms with E-state index in [1.54, 1.807) is 11.3 Å². The van der Waals surface area contributed by atoms with Crippen LogP contribution in [0.3, 0.4) is 0 Å². The Hall–Kier alpha value is -2.57. The van der Waals surface area contributed by atoms with Gasteiger partial charge in [-0.2, -0.15) is 0 Å². The highest BCUT2D eigenvalue weighted by molar-refractivity contribution is 7.07. The second-order valence-corrected chi connectivity index (χ2v) is 5.44. The first kappa shape index (κ1) is 14.4. The number of thiazole rings is 1. The summed E-state index contributed by atoms with van der Waals surface area (Å²) in [7, 11) is 0. The predicted molar refractivity (Wildman–Crippen MR) is 90.2 cm³/mol. The molecule has 0 aliphatic rings. The Morgan fingerprint density at radius 3 is 2.32 bits per heavy atom. The summed E-state index contributed by atoms with van der Waals surface area (Å²) in [5.74, 6) is 7.16. The van der Waals surface area contributed by atoms with E-state index in [2.05, 4.69) is 16.8 Å². The molecule has 0 amide bonds. The molecule has 0 bridgehead atoms. The van der Waals surface area contributed by atoms with E-state index in [9.17, 15) is 0 Å². The number of hydrogen-bond acceptors (Lipinski definition) is 3. The zero-order valence-electron chi connectivity index (χ0n) is 12.0. The maximum atomic E-state index is 5.71. The zero-order chi connectivity index (χ0) is 15.0. The van der Waals surface area contributed by atoms with Crippen molar-refractivity contribution < 1.29 is 4.74 Å². The molecule has 22 heavy (non-hydrogen) atoms. The van der Waals surface area contributed by atoms with E-state index in [4.69, 9.17) is 4.74 Å². The van der Waals surface area contributed by atoms with Crippen molar-refractivity contribution in [2.45, 2.75) is 6.42 Å². The fourth-order valence-electron chi connectivity index (χ4n) is 1.93. The first-order chi connectivity index (χ1) is 10.9. The molecular formula is C19H15NOS. The lowest BCUT2D eigenvalue weighted by Crippen LogP contribution is -2.01. The second kappa shape index (κ2) is 7.44. The van der Waals surface area contributed by atoms with Crippen LogP contribution in [0.15, 0.2) is 65.5 Å². The normalized spacial score (nSPS) is 9.82. The van der Waals surface area contributed by atoms with Crippen LogP contribution in [0.25, 0.3) is 0 Å². The average molecular weight is 305 g/mol.